The molecule has 32 heavy (non-hydrogen) atoms. The first-order valence-corrected chi connectivity index (χ1v) is 11.6. The summed E-state index contributed by atoms with van der Waals surface area (Å²) in [5.41, 5.74) is -0.0342. The van der Waals surface area contributed by atoms with Gasteiger partial charge in [-0.3, -0.25) is 4.79 Å². The summed E-state index contributed by atoms with van der Waals surface area (Å²) in [7, 11) is 0. The Hall–Kier alpha value is -2.31. The van der Waals surface area contributed by atoms with Crippen LogP contribution in [0.1, 0.15) is 62.5 Å². The monoisotopic (exact) mass is 445 g/mol. The van der Waals surface area contributed by atoms with Gasteiger partial charge in [0.15, 0.2) is 0 Å². The summed E-state index contributed by atoms with van der Waals surface area (Å²) in [5, 5.41) is 20.6. The summed E-state index contributed by atoms with van der Waals surface area (Å²) in [6.07, 6.45) is 6.76. The Kier molecular flexibility index (Phi) is 8.76. The summed E-state index contributed by atoms with van der Waals surface area (Å²) in [5.74, 6) is -1.49. The second kappa shape index (κ2) is 11.5. The molecule has 174 valence electrons. The van der Waals surface area contributed by atoms with E-state index in [-0.39, 0.29) is 24.0 Å². The fourth-order valence-electron chi connectivity index (χ4n) is 4.76. The van der Waals surface area contributed by atoms with Crippen LogP contribution in [-0.4, -0.2) is 40.7 Å². The van der Waals surface area contributed by atoms with E-state index < -0.39 is 11.6 Å². The highest BCUT2D eigenvalue weighted by Gasteiger charge is 2.41. The summed E-state index contributed by atoms with van der Waals surface area (Å²) in [6, 6.07) is 11.9. The predicted molar refractivity (Wildman–Crippen MR) is 120 cm³/mol. The van der Waals surface area contributed by atoms with Crippen molar-refractivity contribution >= 4 is 5.97 Å². The number of hydrogen-bond donors (Lipinski definition) is 2. The van der Waals surface area contributed by atoms with E-state index in [1.54, 1.807) is 24.3 Å². The molecule has 1 heterocycles. The standard InChI is InChI=1S/C26H33F2NO3/c27-23-11-7-20(8-12-23)26(32,21-9-13-24(28)14-10-21)22-15-18-29(19-16-22)17-5-3-1-2-4-6-25(30)31/h7-14,22,32H,1-6,15-19H2,(H,30,31). The van der Waals surface area contributed by atoms with E-state index in [9.17, 15) is 18.7 Å². The molecule has 0 atom stereocenters. The SMILES string of the molecule is O=C(O)CCCCCCCN1CCC(C(O)(c2ccc(F)cc2)c2ccc(F)cc2)CC1. The van der Waals surface area contributed by atoms with Crippen molar-refractivity contribution in [1.29, 1.82) is 0 Å². The number of aliphatic carboxylic acids is 1. The molecule has 1 aliphatic rings. The van der Waals surface area contributed by atoms with E-state index in [1.165, 1.54) is 24.3 Å². The molecule has 0 aromatic heterocycles. The van der Waals surface area contributed by atoms with E-state index in [1.807, 2.05) is 0 Å². The fraction of sp³-hybridized carbons (Fsp3) is 0.500. The van der Waals surface area contributed by atoms with E-state index in [0.717, 1.165) is 64.6 Å². The number of piperidine rings is 1. The molecule has 1 fully saturated rings. The molecular weight excluding hydrogens is 412 g/mol. The molecule has 0 bridgehead atoms. The third-order valence-corrected chi connectivity index (χ3v) is 6.61. The third-order valence-electron chi connectivity index (χ3n) is 6.61. The van der Waals surface area contributed by atoms with Gasteiger partial charge in [-0.25, -0.2) is 8.78 Å². The number of carboxylic acid groups (broad SMARTS) is 1. The molecule has 6 heteroatoms. The number of rotatable bonds is 11. The Morgan fingerprint density at radius 3 is 1.81 bits per heavy atom. The molecule has 1 aliphatic heterocycles. The largest absolute Gasteiger partial charge is 0.481 e. The Morgan fingerprint density at radius 2 is 1.31 bits per heavy atom. The third kappa shape index (κ3) is 6.36. The van der Waals surface area contributed by atoms with Crippen LogP contribution in [0.3, 0.4) is 0 Å². The van der Waals surface area contributed by atoms with Crippen LogP contribution in [0.2, 0.25) is 0 Å². The average molecular weight is 446 g/mol. The maximum atomic E-state index is 13.5. The van der Waals surface area contributed by atoms with Gasteiger partial charge in [0.25, 0.3) is 0 Å². The minimum absolute atomic E-state index is 0.0503. The van der Waals surface area contributed by atoms with Gasteiger partial charge in [0, 0.05) is 6.42 Å². The number of unbranched alkanes of at least 4 members (excludes halogenated alkanes) is 4. The first-order valence-electron chi connectivity index (χ1n) is 11.6. The first kappa shape index (κ1) is 24.3. The second-order valence-electron chi connectivity index (χ2n) is 8.81. The van der Waals surface area contributed by atoms with Crippen molar-refractivity contribution in [3.63, 3.8) is 0 Å². The Bertz CT molecular complexity index is 801. The quantitative estimate of drug-likeness (QED) is 0.459. The van der Waals surface area contributed by atoms with E-state index in [0.29, 0.717) is 11.1 Å². The molecule has 2 aromatic rings. The Labute approximate surface area is 188 Å². The maximum Gasteiger partial charge on any atom is 0.303 e. The molecule has 0 unspecified atom stereocenters. The fourth-order valence-corrected chi connectivity index (χ4v) is 4.76. The van der Waals surface area contributed by atoms with Gasteiger partial charge in [-0.15, -0.1) is 0 Å². The number of likely N-dealkylation sites (tertiary alicyclic amines) is 1. The summed E-state index contributed by atoms with van der Waals surface area (Å²) < 4.78 is 27.0. The van der Waals surface area contributed by atoms with Crippen molar-refractivity contribution in [1.82, 2.24) is 4.90 Å². The van der Waals surface area contributed by atoms with Crippen molar-refractivity contribution in [3.8, 4) is 0 Å². The number of carbonyl (C=O) groups is 1. The number of benzene rings is 2. The van der Waals surface area contributed by atoms with Gasteiger partial charge in [-0.1, -0.05) is 43.5 Å². The number of carboxylic acids is 1. The van der Waals surface area contributed by atoms with Crippen LogP contribution in [0, 0.1) is 17.6 Å². The van der Waals surface area contributed by atoms with Gasteiger partial charge in [0.2, 0.25) is 0 Å². The highest BCUT2D eigenvalue weighted by molar-refractivity contribution is 5.66. The molecule has 2 N–H and O–H groups in total. The molecule has 0 amide bonds. The van der Waals surface area contributed by atoms with Gasteiger partial charge in [0.05, 0.1) is 0 Å². The van der Waals surface area contributed by atoms with E-state index in [2.05, 4.69) is 4.90 Å². The molecule has 0 radical (unpaired) electrons. The van der Waals surface area contributed by atoms with Crippen LogP contribution in [0.5, 0.6) is 0 Å². The van der Waals surface area contributed by atoms with Crippen molar-refractivity contribution in [3.05, 3.63) is 71.3 Å². The van der Waals surface area contributed by atoms with E-state index >= 15 is 0 Å². The molecule has 2 aromatic carbocycles. The van der Waals surface area contributed by atoms with Crippen LogP contribution in [0.15, 0.2) is 48.5 Å². The molecule has 0 spiro atoms. The highest BCUT2D eigenvalue weighted by Crippen LogP contribution is 2.42. The summed E-state index contributed by atoms with van der Waals surface area (Å²) in [6.45, 7) is 2.74. The average Bonchev–Trinajstić information content (AvgIpc) is 2.79. The number of halogens is 2. The number of nitrogens with zero attached hydrogens (tertiary/aromatic N) is 1. The minimum Gasteiger partial charge on any atom is -0.481 e. The second-order valence-corrected chi connectivity index (χ2v) is 8.81. The highest BCUT2D eigenvalue weighted by atomic mass is 19.1. The van der Waals surface area contributed by atoms with Crippen LogP contribution in [-0.2, 0) is 10.4 Å². The van der Waals surface area contributed by atoms with Crippen molar-refractivity contribution in [2.75, 3.05) is 19.6 Å². The zero-order chi connectivity index (χ0) is 23.0. The topological polar surface area (TPSA) is 60.8 Å². The molecular formula is C26H33F2NO3. The normalized spacial score (nSPS) is 15.7. The number of aliphatic hydroxyl groups is 1. The van der Waals surface area contributed by atoms with Crippen molar-refractivity contribution in [2.24, 2.45) is 5.92 Å². The van der Waals surface area contributed by atoms with E-state index in [4.69, 9.17) is 5.11 Å². The summed E-state index contributed by atoms with van der Waals surface area (Å²) in [4.78, 5) is 13.0. The number of hydrogen-bond acceptors (Lipinski definition) is 3. The van der Waals surface area contributed by atoms with Crippen molar-refractivity contribution in [2.45, 2.75) is 57.0 Å². The van der Waals surface area contributed by atoms with Gasteiger partial charge in [0.1, 0.15) is 17.2 Å². The lowest BCUT2D eigenvalue weighted by Crippen LogP contribution is -2.44. The predicted octanol–water partition coefficient (Wildman–Crippen LogP) is 5.34. The van der Waals surface area contributed by atoms with Crippen LogP contribution in [0.25, 0.3) is 0 Å². The zero-order valence-corrected chi connectivity index (χ0v) is 18.5. The van der Waals surface area contributed by atoms with Crippen LogP contribution in [0.4, 0.5) is 8.78 Å². The molecule has 0 aliphatic carbocycles. The molecule has 1 saturated heterocycles. The van der Waals surface area contributed by atoms with Gasteiger partial charge in [-0.2, -0.15) is 0 Å². The van der Waals surface area contributed by atoms with Gasteiger partial charge < -0.3 is 15.1 Å². The van der Waals surface area contributed by atoms with Crippen molar-refractivity contribution < 1.29 is 23.8 Å². The minimum atomic E-state index is -1.29. The van der Waals surface area contributed by atoms with Gasteiger partial charge in [-0.05, 0) is 86.6 Å². The van der Waals surface area contributed by atoms with Crippen LogP contribution < -0.4 is 0 Å². The molecule has 0 saturated carbocycles. The Morgan fingerprint density at radius 1 is 0.844 bits per heavy atom. The summed E-state index contributed by atoms with van der Waals surface area (Å²) >= 11 is 0. The lowest BCUT2D eigenvalue weighted by molar-refractivity contribution is -0.137. The lowest BCUT2D eigenvalue weighted by Gasteiger charge is -2.42. The van der Waals surface area contributed by atoms with Crippen LogP contribution >= 0.6 is 0 Å². The lowest BCUT2D eigenvalue weighted by atomic mass is 9.72. The maximum absolute atomic E-state index is 13.5. The molecule has 4 nitrogen and oxygen atoms in total. The Balaban J connectivity index is 1.57. The zero-order valence-electron chi connectivity index (χ0n) is 18.5. The van der Waals surface area contributed by atoms with Gasteiger partial charge >= 0.3 is 5.97 Å². The smallest absolute Gasteiger partial charge is 0.303 e. The molecule has 3 rings (SSSR count). The first-order chi connectivity index (χ1) is 15.4.